The number of hydrogen-bond acceptors (Lipinski definition) is 2. The van der Waals surface area contributed by atoms with E-state index in [1.165, 1.54) is 0 Å². The van der Waals surface area contributed by atoms with Crippen LogP contribution in [0.3, 0.4) is 0 Å². The Bertz CT molecular complexity index is 2010. The maximum Gasteiger partial charge on any atom is 0.314 e. The van der Waals surface area contributed by atoms with Gasteiger partial charge in [-0.2, -0.15) is 0 Å². The average Bonchev–Trinajstić information content (AvgIpc) is 3.04. The van der Waals surface area contributed by atoms with Gasteiger partial charge in [-0.25, -0.2) is 0 Å². The summed E-state index contributed by atoms with van der Waals surface area (Å²) < 4.78 is 5.44. The molecule has 0 aliphatic heterocycles. The predicted molar refractivity (Wildman–Crippen MR) is 173 cm³/mol. The fourth-order valence-corrected chi connectivity index (χ4v) is 6.78. The van der Waals surface area contributed by atoms with Crippen molar-refractivity contribution in [2.24, 2.45) is 0 Å². The van der Waals surface area contributed by atoms with Crippen LogP contribution < -0.4 is 4.74 Å². The first kappa shape index (κ1) is 25.8. The molecule has 0 amide bonds. The van der Waals surface area contributed by atoms with Crippen molar-refractivity contribution in [2.45, 2.75) is 18.3 Å². The monoisotopic (exact) mass is 546 g/mol. The maximum atomic E-state index is 13.7. The van der Waals surface area contributed by atoms with E-state index in [2.05, 4.69) is 84.9 Å². The molecule has 0 aliphatic carbocycles. The van der Waals surface area contributed by atoms with Crippen molar-refractivity contribution in [1.82, 2.24) is 0 Å². The molecule has 7 rings (SSSR count). The van der Waals surface area contributed by atoms with E-state index in [1.807, 2.05) is 55.5 Å². The number of rotatable bonds is 6. The molecule has 0 spiro atoms. The summed E-state index contributed by atoms with van der Waals surface area (Å²) in [7, 11) is 1.62. The van der Waals surface area contributed by atoms with Gasteiger partial charge >= 0.3 is 5.97 Å². The molecule has 7 aromatic carbocycles. The molecule has 3 nitrogen and oxygen atoms in total. The average molecular weight is 547 g/mol. The van der Waals surface area contributed by atoms with Gasteiger partial charge in [0.1, 0.15) is 11.2 Å². The van der Waals surface area contributed by atoms with Gasteiger partial charge in [0.05, 0.1) is 7.11 Å². The second kappa shape index (κ2) is 10.0. The molecule has 0 radical (unpaired) electrons. The van der Waals surface area contributed by atoms with Crippen molar-refractivity contribution in [2.75, 3.05) is 7.11 Å². The van der Waals surface area contributed by atoms with Gasteiger partial charge in [-0.15, -0.1) is 0 Å². The van der Waals surface area contributed by atoms with Crippen LogP contribution in [0.5, 0.6) is 5.75 Å². The number of methoxy groups -OCH3 is 1. The number of aliphatic carboxylic acids is 1. The largest absolute Gasteiger partial charge is 0.497 e. The third kappa shape index (κ3) is 3.93. The Hall–Kier alpha value is -5.15. The standard InChI is InChI=1S/C39H30O3/c1-39(38(40)41,27-19-21-28(42-2)22-20-27)37(35-23-25-11-3-5-13-29(25)31-15-7-9-17-33(31)35)36-24-26-12-4-6-14-30(26)32-16-8-10-18-34(32)36/h3-24,37H,1-2H3,(H,40,41)/t39-/m0/s1. The number of benzene rings is 7. The summed E-state index contributed by atoms with van der Waals surface area (Å²) in [5, 5.41) is 20.1. The van der Waals surface area contributed by atoms with Crippen molar-refractivity contribution < 1.29 is 14.6 Å². The zero-order chi connectivity index (χ0) is 28.8. The smallest absolute Gasteiger partial charge is 0.314 e. The highest BCUT2D eigenvalue weighted by Crippen LogP contribution is 2.50. The second-order valence-electron chi connectivity index (χ2n) is 11.1. The summed E-state index contributed by atoms with van der Waals surface area (Å²) >= 11 is 0. The van der Waals surface area contributed by atoms with Crippen LogP contribution in [0.2, 0.25) is 0 Å². The molecule has 0 saturated heterocycles. The quantitative estimate of drug-likeness (QED) is 0.211. The van der Waals surface area contributed by atoms with Crippen molar-refractivity contribution in [3.8, 4) is 5.75 Å². The Morgan fingerprint density at radius 2 is 1.00 bits per heavy atom. The number of carbonyl (C=O) groups is 1. The highest BCUT2D eigenvalue weighted by atomic mass is 16.5. The van der Waals surface area contributed by atoms with Gasteiger partial charge in [-0.1, -0.05) is 109 Å². The van der Waals surface area contributed by atoms with Crippen LogP contribution in [0.4, 0.5) is 0 Å². The molecule has 0 fully saturated rings. The van der Waals surface area contributed by atoms with E-state index in [9.17, 15) is 9.90 Å². The van der Waals surface area contributed by atoms with Crippen LogP contribution in [0.15, 0.2) is 133 Å². The third-order valence-electron chi connectivity index (χ3n) is 8.93. The van der Waals surface area contributed by atoms with Crippen LogP contribution in [0.25, 0.3) is 43.1 Å². The molecule has 0 unspecified atom stereocenters. The Morgan fingerprint density at radius 3 is 1.43 bits per heavy atom. The zero-order valence-corrected chi connectivity index (χ0v) is 23.5. The fraction of sp³-hybridized carbons (Fsp3) is 0.103. The van der Waals surface area contributed by atoms with Crippen LogP contribution in [-0.4, -0.2) is 18.2 Å². The Morgan fingerprint density at radius 1 is 0.595 bits per heavy atom. The predicted octanol–water partition coefficient (Wildman–Crippen LogP) is 9.48. The molecule has 0 bridgehead atoms. The first-order valence-electron chi connectivity index (χ1n) is 14.2. The lowest BCUT2D eigenvalue weighted by Crippen LogP contribution is -2.39. The van der Waals surface area contributed by atoms with Crippen LogP contribution in [-0.2, 0) is 10.2 Å². The summed E-state index contributed by atoms with van der Waals surface area (Å²) in [5.74, 6) is -0.713. The molecule has 0 heterocycles. The van der Waals surface area contributed by atoms with Crippen LogP contribution in [0, 0.1) is 0 Å². The molecule has 3 heteroatoms. The van der Waals surface area contributed by atoms with E-state index in [0.29, 0.717) is 5.75 Å². The van der Waals surface area contributed by atoms with Gasteiger partial charge in [0, 0.05) is 5.92 Å². The summed E-state index contributed by atoms with van der Waals surface area (Å²) in [6, 6.07) is 45.4. The number of ether oxygens (including phenoxy) is 1. The molecule has 0 aliphatic rings. The maximum absolute atomic E-state index is 13.7. The minimum absolute atomic E-state index is 0.521. The molecule has 0 aromatic heterocycles. The summed E-state index contributed by atoms with van der Waals surface area (Å²) in [4.78, 5) is 13.7. The minimum Gasteiger partial charge on any atom is -0.497 e. The normalized spacial score (nSPS) is 13.1. The Kier molecular flexibility index (Phi) is 6.17. The molecule has 1 N–H and O–H groups in total. The third-order valence-corrected chi connectivity index (χ3v) is 8.93. The summed E-state index contributed by atoms with van der Waals surface area (Å²) in [6.45, 7) is 1.87. The van der Waals surface area contributed by atoms with E-state index < -0.39 is 17.3 Å². The lowest BCUT2D eigenvalue weighted by Gasteiger charge is -2.37. The minimum atomic E-state index is -1.32. The van der Waals surface area contributed by atoms with Crippen molar-refractivity contribution in [3.05, 3.63) is 150 Å². The first-order valence-corrected chi connectivity index (χ1v) is 14.2. The van der Waals surface area contributed by atoms with E-state index >= 15 is 0 Å². The highest BCUT2D eigenvalue weighted by molar-refractivity contribution is 6.12. The SMILES string of the molecule is COc1ccc([C@](C)(C(=O)O)C(c2cc3ccccc3c3ccccc23)c2cc3ccccc3c3ccccc23)cc1. The lowest BCUT2D eigenvalue weighted by atomic mass is 9.64. The van der Waals surface area contributed by atoms with Crippen LogP contribution >= 0.6 is 0 Å². The van der Waals surface area contributed by atoms with Crippen molar-refractivity contribution in [3.63, 3.8) is 0 Å². The first-order chi connectivity index (χ1) is 20.5. The van der Waals surface area contributed by atoms with Gasteiger partial charge in [-0.3, -0.25) is 4.79 Å². The number of fused-ring (bicyclic) bond motifs is 6. The second-order valence-corrected chi connectivity index (χ2v) is 11.1. The molecule has 42 heavy (non-hydrogen) atoms. The number of carboxylic acid groups (broad SMARTS) is 1. The van der Waals surface area contributed by atoms with Gasteiger partial charge < -0.3 is 9.84 Å². The van der Waals surface area contributed by atoms with Gasteiger partial charge in [0.2, 0.25) is 0 Å². The molecule has 7 aromatic rings. The van der Waals surface area contributed by atoms with Gasteiger partial charge in [-0.05, 0) is 91.0 Å². The Labute approximate surface area is 244 Å². The van der Waals surface area contributed by atoms with Crippen LogP contribution in [0.1, 0.15) is 29.5 Å². The van der Waals surface area contributed by atoms with Gasteiger partial charge in [0.15, 0.2) is 0 Å². The fourth-order valence-electron chi connectivity index (χ4n) is 6.78. The van der Waals surface area contributed by atoms with E-state index in [0.717, 1.165) is 59.8 Å². The van der Waals surface area contributed by atoms with Gasteiger partial charge in [0.25, 0.3) is 0 Å². The zero-order valence-electron chi connectivity index (χ0n) is 23.5. The summed E-state index contributed by atoms with van der Waals surface area (Å²) in [5.41, 5.74) is 1.38. The molecular weight excluding hydrogens is 516 g/mol. The van der Waals surface area contributed by atoms with Crippen molar-refractivity contribution in [1.29, 1.82) is 0 Å². The Balaban J connectivity index is 1.66. The topological polar surface area (TPSA) is 46.5 Å². The van der Waals surface area contributed by atoms with E-state index in [-0.39, 0.29) is 0 Å². The molecular formula is C39H30O3. The lowest BCUT2D eigenvalue weighted by molar-refractivity contribution is -0.143. The molecule has 204 valence electrons. The summed E-state index contributed by atoms with van der Waals surface area (Å²) in [6.07, 6.45) is 0. The van der Waals surface area contributed by atoms with E-state index in [4.69, 9.17) is 4.74 Å². The highest BCUT2D eigenvalue weighted by Gasteiger charge is 2.46. The number of hydrogen-bond donors (Lipinski definition) is 1. The molecule has 0 saturated carbocycles. The van der Waals surface area contributed by atoms with Crippen molar-refractivity contribution >= 4 is 49.1 Å². The molecule has 1 atom stereocenters. The van der Waals surface area contributed by atoms with E-state index in [1.54, 1.807) is 7.11 Å². The number of carboxylic acids is 1.